The molecule has 2 N–H and O–H groups in total. The first-order valence-electron chi connectivity index (χ1n) is 4.77. The van der Waals surface area contributed by atoms with Gasteiger partial charge in [-0.1, -0.05) is 6.92 Å². The molecular weight excluding hydrogens is 178 g/mol. The second kappa shape index (κ2) is 4.74. The predicted octanol–water partition coefficient (Wildman–Crippen LogP) is 2.45. The molecule has 0 saturated carbocycles. The third kappa shape index (κ3) is 2.55. The minimum absolute atomic E-state index is 0.211. The zero-order valence-electron chi connectivity index (χ0n) is 8.91. The number of benzene rings is 1. The molecule has 1 aromatic rings. The molecule has 1 rings (SSSR count). The fourth-order valence-electron chi connectivity index (χ4n) is 1.10. The van der Waals surface area contributed by atoms with Crippen LogP contribution >= 0.6 is 0 Å². The van der Waals surface area contributed by atoms with Crippen LogP contribution in [-0.4, -0.2) is 13.2 Å². The van der Waals surface area contributed by atoms with Crippen molar-refractivity contribution in [1.29, 1.82) is 0 Å². The fraction of sp³-hybridized carbons (Fsp3) is 0.455. The van der Waals surface area contributed by atoms with Gasteiger partial charge in [0.05, 0.1) is 18.9 Å². The van der Waals surface area contributed by atoms with E-state index in [0.717, 1.165) is 12.2 Å². The Bertz CT molecular complexity index is 299. The highest BCUT2D eigenvalue weighted by Gasteiger charge is 2.04. The number of nitrogen functional groups attached to an aromatic ring is 1. The topological polar surface area (TPSA) is 44.5 Å². The predicted molar refractivity (Wildman–Crippen MR) is 57.8 cm³/mol. The second-order valence-electron chi connectivity index (χ2n) is 3.24. The summed E-state index contributed by atoms with van der Waals surface area (Å²) >= 11 is 0. The van der Waals surface area contributed by atoms with Crippen LogP contribution in [0.5, 0.6) is 11.5 Å². The van der Waals surface area contributed by atoms with E-state index < -0.39 is 0 Å². The highest BCUT2D eigenvalue weighted by atomic mass is 16.5. The summed E-state index contributed by atoms with van der Waals surface area (Å²) in [5.74, 6) is 1.47. The van der Waals surface area contributed by atoms with Gasteiger partial charge in [0, 0.05) is 6.07 Å². The lowest BCUT2D eigenvalue weighted by Gasteiger charge is -2.13. The van der Waals surface area contributed by atoms with Crippen LogP contribution in [0.25, 0.3) is 0 Å². The van der Waals surface area contributed by atoms with Crippen molar-refractivity contribution >= 4 is 5.69 Å². The molecule has 0 bridgehead atoms. The maximum Gasteiger partial charge on any atom is 0.142 e. The fourth-order valence-corrected chi connectivity index (χ4v) is 1.10. The third-order valence-corrected chi connectivity index (χ3v) is 2.11. The van der Waals surface area contributed by atoms with Crippen LogP contribution in [0.3, 0.4) is 0 Å². The van der Waals surface area contributed by atoms with Gasteiger partial charge in [0.15, 0.2) is 0 Å². The van der Waals surface area contributed by atoms with Crippen LogP contribution in [0.15, 0.2) is 18.2 Å². The molecule has 3 nitrogen and oxygen atoms in total. The number of hydrogen-bond acceptors (Lipinski definition) is 3. The molecule has 1 unspecified atom stereocenters. The van der Waals surface area contributed by atoms with E-state index in [4.69, 9.17) is 15.2 Å². The zero-order chi connectivity index (χ0) is 10.6. The van der Waals surface area contributed by atoms with Gasteiger partial charge in [-0.2, -0.15) is 0 Å². The lowest BCUT2D eigenvalue weighted by Crippen LogP contribution is -2.09. The van der Waals surface area contributed by atoms with E-state index in [-0.39, 0.29) is 6.10 Å². The van der Waals surface area contributed by atoms with Crippen molar-refractivity contribution in [3.05, 3.63) is 18.2 Å². The van der Waals surface area contributed by atoms with Gasteiger partial charge >= 0.3 is 0 Å². The molecule has 1 aromatic carbocycles. The van der Waals surface area contributed by atoms with Crippen molar-refractivity contribution in [2.75, 3.05) is 12.8 Å². The smallest absolute Gasteiger partial charge is 0.142 e. The Morgan fingerprint density at radius 2 is 2.14 bits per heavy atom. The van der Waals surface area contributed by atoms with Crippen LogP contribution in [-0.2, 0) is 0 Å². The number of methoxy groups -OCH3 is 1. The van der Waals surface area contributed by atoms with Crippen molar-refractivity contribution in [3.8, 4) is 11.5 Å². The molecule has 0 saturated heterocycles. The van der Waals surface area contributed by atoms with Crippen molar-refractivity contribution in [2.45, 2.75) is 26.4 Å². The van der Waals surface area contributed by atoms with Gasteiger partial charge in [-0.05, 0) is 25.5 Å². The minimum Gasteiger partial charge on any atom is -0.495 e. The van der Waals surface area contributed by atoms with Gasteiger partial charge in [-0.15, -0.1) is 0 Å². The van der Waals surface area contributed by atoms with Crippen LogP contribution < -0.4 is 15.2 Å². The molecule has 0 aromatic heterocycles. The number of nitrogens with two attached hydrogens (primary N) is 1. The van der Waals surface area contributed by atoms with Crippen LogP contribution in [0, 0.1) is 0 Å². The maximum atomic E-state index is 5.74. The van der Waals surface area contributed by atoms with E-state index in [2.05, 4.69) is 6.92 Å². The summed E-state index contributed by atoms with van der Waals surface area (Å²) in [5, 5.41) is 0. The monoisotopic (exact) mass is 195 g/mol. The van der Waals surface area contributed by atoms with Crippen molar-refractivity contribution in [3.63, 3.8) is 0 Å². The molecule has 14 heavy (non-hydrogen) atoms. The number of anilines is 1. The van der Waals surface area contributed by atoms with E-state index in [0.29, 0.717) is 11.4 Å². The van der Waals surface area contributed by atoms with Crippen molar-refractivity contribution in [2.24, 2.45) is 0 Å². The number of rotatable bonds is 4. The summed E-state index contributed by atoms with van der Waals surface area (Å²) in [6.07, 6.45) is 1.19. The van der Waals surface area contributed by atoms with Crippen molar-refractivity contribution in [1.82, 2.24) is 0 Å². The van der Waals surface area contributed by atoms with E-state index in [1.165, 1.54) is 0 Å². The highest BCUT2D eigenvalue weighted by Crippen LogP contribution is 2.26. The number of ether oxygens (including phenoxy) is 2. The maximum absolute atomic E-state index is 5.74. The Kier molecular flexibility index (Phi) is 3.63. The van der Waals surface area contributed by atoms with Gasteiger partial charge in [0.1, 0.15) is 11.5 Å². The van der Waals surface area contributed by atoms with Crippen LogP contribution in [0.2, 0.25) is 0 Å². The van der Waals surface area contributed by atoms with E-state index in [9.17, 15) is 0 Å². The Hall–Kier alpha value is -1.38. The summed E-state index contributed by atoms with van der Waals surface area (Å²) in [4.78, 5) is 0. The first-order valence-corrected chi connectivity index (χ1v) is 4.77. The molecule has 3 heteroatoms. The van der Waals surface area contributed by atoms with Crippen LogP contribution in [0.1, 0.15) is 20.3 Å². The highest BCUT2D eigenvalue weighted by molar-refractivity contribution is 5.56. The molecule has 0 heterocycles. The molecule has 0 aliphatic rings. The summed E-state index contributed by atoms with van der Waals surface area (Å²) in [6.45, 7) is 4.11. The Morgan fingerprint density at radius 3 is 2.64 bits per heavy atom. The van der Waals surface area contributed by atoms with Crippen LogP contribution in [0.4, 0.5) is 5.69 Å². The molecule has 0 aliphatic carbocycles. The van der Waals surface area contributed by atoms with E-state index in [1.54, 1.807) is 13.2 Å². The molecule has 0 spiro atoms. The first kappa shape index (κ1) is 10.7. The Balaban J connectivity index is 2.76. The lowest BCUT2D eigenvalue weighted by atomic mass is 10.2. The van der Waals surface area contributed by atoms with E-state index in [1.807, 2.05) is 19.1 Å². The summed E-state index contributed by atoms with van der Waals surface area (Å²) in [5.41, 5.74) is 6.35. The molecule has 0 radical (unpaired) electrons. The number of hydrogen-bond donors (Lipinski definition) is 1. The summed E-state index contributed by atoms with van der Waals surface area (Å²) in [7, 11) is 1.60. The molecule has 78 valence electrons. The zero-order valence-corrected chi connectivity index (χ0v) is 8.91. The van der Waals surface area contributed by atoms with Gasteiger partial charge in [-0.25, -0.2) is 0 Å². The van der Waals surface area contributed by atoms with Crippen molar-refractivity contribution < 1.29 is 9.47 Å². The average molecular weight is 195 g/mol. The molecule has 0 fully saturated rings. The molecule has 1 atom stereocenters. The third-order valence-electron chi connectivity index (χ3n) is 2.11. The SMILES string of the molecule is CCC(C)Oc1ccc(OC)c(N)c1. The Morgan fingerprint density at radius 1 is 1.43 bits per heavy atom. The van der Waals surface area contributed by atoms with Gasteiger partial charge < -0.3 is 15.2 Å². The normalized spacial score (nSPS) is 12.2. The van der Waals surface area contributed by atoms with Gasteiger partial charge in [0.2, 0.25) is 0 Å². The second-order valence-corrected chi connectivity index (χ2v) is 3.24. The average Bonchev–Trinajstić information content (AvgIpc) is 2.18. The standard InChI is InChI=1S/C11H17NO2/c1-4-8(2)14-9-5-6-11(13-3)10(12)7-9/h5-8H,4,12H2,1-3H3. The minimum atomic E-state index is 0.211. The summed E-state index contributed by atoms with van der Waals surface area (Å²) < 4.78 is 10.7. The quantitative estimate of drug-likeness (QED) is 0.750. The Labute approximate surface area is 84.8 Å². The molecular formula is C11H17NO2. The molecule has 0 amide bonds. The lowest BCUT2D eigenvalue weighted by molar-refractivity contribution is 0.217. The van der Waals surface area contributed by atoms with Gasteiger partial charge in [0.25, 0.3) is 0 Å². The first-order chi connectivity index (χ1) is 6.67. The summed E-state index contributed by atoms with van der Waals surface area (Å²) in [6, 6.07) is 5.46. The van der Waals surface area contributed by atoms with E-state index >= 15 is 0 Å². The largest absolute Gasteiger partial charge is 0.495 e. The van der Waals surface area contributed by atoms with Gasteiger partial charge in [-0.3, -0.25) is 0 Å². The molecule has 0 aliphatic heterocycles.